The van der Waals surface area contributed by atoms with Crippen LogP contribution in [-0.2, 0) is 14.8 Å². The summed E-state index contributed by atoms with van der Waals surface area (Å²) in [6.45, 7) is 4.08. The van der Waals surface area contributed by atoms with Crippen LogP contribution in [0.5, 0.6) is 5.75 Å². The van der Waals surface area contributed by atoms with Gasteiger partial charge in [-0.15, -0.1) is 0 Å². The van der Waals surface area contributed by atoms with Gasteiger partial charge in [0.05, 0.1) is 17.5 Å². The van der Waals surface area contributed by atoms with Crippen LogP contribution < -0.4 is 9.46 Å². The monoisotopic (exact) mass is 317 g/mol. The van der Waals surface area contributed by atoms with Crippen LogP contribution in [0.4, 0.5) is 0 Å². The van der Waals surface area contributed by atoms with Gasteiger partial charge in [0.1, 0.15) is 5.75 Å². The zero-order valence-corrected chi connectivity index (χ0v) is 12.8. The number of aliphatic hydroxyl groups is 1. The number of carboxylic acid groups (broad SMARTS) is 1. The van der Waals surface area contributed by atoms with E-state index in [1.54, 1.807) is 0 Å². The summed E-state index contributed by atoms with van der Waals surface area (Å²) in [5.41, 5.74) is -2.17. The van der Waals surface area contributed by atoms with E-state index >= 15 is 0 Å². The fourth-order valence-corrected chi connectivity index (χ4v) is 2.50. The Kier molecular flexibility index (Phi) is 5.32. The van der Waals surface area contributed by atoms with Crippen molar-refractivity contribution in [1.29, 1.82) is 0 Å². The van der Waals surface area contributed by atoms with Crippen molar-refractivity contribution in [3.8, 4) is 5.75 Å². The molecule has 0 amide bonds. The van der Waals surface area contributed by atoms with Gasteiger partial charge in [0.15, 0.2) is 5.60 Å². The molecular weight excluding hydrogens is 298 g/mol. The Morgan fingerprint density at radius 2 is 1.86 bits per heavy atom. The van der Waals surface area contributed by atoms with Crippen molar-refractivity contribution in [1.82, 2.24) is 4.72 Å². The van der Waals surface area contributed by atoms with E-state index in [1.165, 1.54) is 24.3 Å². The van der Waals surface area contributed by atoms with Gasteiger partial charge in [0.25, 0.3) is 0 Å². The number of hydrogen-bond donors (Lipinski definition) is 3. The van der Waals surface area contributed by atoms with E-state index in [1.807, 2.05) is 13.8 Å². The number of benzene rings is 1. The lowest BCUT2D eigenvalue weighted by atomic mass is 10.1. The van der Waals surface area contributed by atoms with Gasteiger partial charge in [-0.25, -0.2) is 17.9 Å². The molecule has 0 aliphatic carbocycles. The Hall–Kier alpha value is -1.64. The number of hydrogen-bond acceptors (Lipinski definition) is 5. The van der Waals surface area contributed by atoms with Crippen molar-refractivity contribution in [2.75, 3.05) is 6.54 Å². The SMILES string of the molecule is CC(C)Oc1ccc(S(=O)(=O)NCC(C)(O)C(=O)O)cc1. The molecule has 0 bridgehead atoms. The minimum absolute atomic E-state index is 0.0313. The lowest BCUT2D eigenvalue weighted by molar-refractivity contribution is -0.155. The lowest BCUT2D eigenvalue weighted by Crippen LogP contribution is -2.46. The van der Waals surface area contributed by atoms with Crippen molar-refractivity contribution in [2.24, 2.45) is 0 Å². The first-order valence-electron chi connectivity index (χ1n) is 6.27. The molecule has 3 N–H and O–H groups in total. The molecule has 0 saturated carbocycles. The van der Waals surface area contributed by atoms with Crippen LogP contribution in [0.15, 0.2) is 29.2 Å². The highest BCUT2D eigenvalue weighted by atomic mass is 32.2. The lowest BCUT2D eigenvalue weighted by Gasteiger charge is -2.18. The minimum Gasteiger partial charge on any atom is -0.491 e. The number of nitrogens with one attached hydrogen (secondary N) is 1. The van der Waals surface area contributed by atoms with E-state index in [0.717, 1.165) is 6.92 Å². The van der Waals surface area contributed by atoms with Crippen LogP contribution in [0.25, 0.3) is 0 Å². The van der Waals surface area contributed by atoms with Crippen LogP contribution in [0.2, 0.25) is 0 Å². The summed E-state index contributed by atoms with van der Waals surface area (Å²) in [6.07, 6.45) is -0.0313. The molecule has 1 aromatic carbocycles. The van der Waals surface area contributed by atoms with Crippen molar-refractivity contribution in [3.05, 3.63) is 24.3 Å². The Bertz CT molecular complexity index is 592. The maximum atomic E-state index is 12.0. The van der Waals surface area contributed by atoms with Crippen LogP contribution in [0, 0.1) is 0 Å². The van der Waals surface area contributed by atoms with Gasteiger partial charge in [-0.2, -0.15) is 0 Å². The third-order valence-electron chi connectivity index (χ3n) is 2.57. The second kappa shape index (κ2) is 6.42. The Morgan fingerprint density at radius 3 is 2.29 bits per heavy atom. The van der Waals surface area contributed by atoms with Gasteiger partial charge < -0.3 is 14.9 Å². The molecule has 0 fully saturated rings. The molecule has 21 heavy (non-hydrogen) atoms. The fourth-order valence-electron chi connectivity index (χ4n) is 1.36. The highest BCUT2D eigenvalue weighted by Crippen LogP contribution is 2.17. The quantitative estimate of drug-likeness (QED) is 0.678. The zero-order valence-electron chi connectivity index (χ0n) is 12.0. The Labute approximate surface area is 123 Å². The minimum atomic E-state index is -3.90. The smallest absolute Gasteiger partial charge is 0.336 e. The third kappa shape index (κ3) is 5.00. The molecule has 8 heteroatoms. The summed E-state index contributed by atoms with van der Waals surface area (Å²) < 4.78 is 31.4. The average Bonchev–Trinajstić information content (AvgIpc) is 2.36. The molecule has 0 aliphatic rings. The number of carboxylic acids is 1. The number of aliphatic carboxylic acids is 1. The standard InChI is InChI=1S/C13H19NO6S/c1-9(2)20-10-4-6-11(7-5-10)21(18,19)14-8-13(3,17)12(15)16/h4-7,9,14,17H,8H2,1-3H3,(H,15,16). The molecule has 1 aromatic rings. The van der Waals surface area contributed by atoms with E-state index in [-0.39, 0.29) is 11.0 Å². The Morgan fingerprint density at radius 1 is 1.33 bits per heavy atom. The average molecular weight is 317 g/mol. The van der Waals surface area contributed by atoms with Crippen LogP contribution in [-0.4, -0.2) is 42.8 Å². The van der Waals surface area contributed by atoms with Crippen LogP contribution in [0.1, 0.15) is 20.8 Å². The summed E-state index contributed by atoms with van der Waals surface area (Å²) in [6, 6.07) is 5.69. The molecule has 0 aliphatic heterocycles. The molecule has 0 aromatic heterocycles. The topological polar surface area (TPSA) is 113 Å². The largest absolute Gasteiger partial charge is 0.491 e. The molecule has 1 atom stereocenters. The molecule has 7 nitrogen and oxygen atoms in total. The van der Waals surface area contributed by atoms with Gasteiger partial charge in [0, 0.05) is 0 Å². The number of sulfonamides is 1. The first-order valence-corrected chi connectivity index (χ1v) is 7.75. The highest BCUT2D eigenvalue weighted by Gasteiger charge is 2.31. The molecule has 0 spiro atoms. The van der Waals surface area contributed by atoms with Crippen LogP contribution >= 0.6 is 0 Å². The first kappa shape index (κ1) is 17.4. The Balaban J connectivity index is 2.81. The molecule has 1 rings (SSSR count). The number of ether oxygens (including phenoxy) is 1. The summed E-state index contributed by atoms with van der Waals surface area (Å²) in [5.74, 6) is -0.979. The summed E-state index contributed by atoms with van der Waals surface area (Å²) >= 11 is 0. The molecular formula is C13H19NO6S. The van der Waals surface area contributed by atoms with Crippen LogP contribution in [0.3, 0.4) is 0 Å². The third-order valence-corrected chi connectivity index (χ3v) is 3.99. The van der Waals surface area contributed by atoms with Crippen molar-refractivity contribution < 1.29 is 28.2 Å². The van der Waals surface area contributed by atoms with Gasteiger partial charge in [-0.1, -0.05) is 0 Å². The molecule has 1 unspecified atom stereocenters. The maximum Gasteiger partial charge on any atom is 0.336 e. The van der Waals surface area contributed by atoms with E-state index in [2.05, 4.69) is 4.72 Å². The van der Waals surface area contributed by atoms with E-state index in [9.17, 15) is 18.3 Å². The van der Waals surface area contributed by atoms with Gasteiger partial charge in [-0.3, -0.25) is 0 Å². The predicted octanol–water partition coefficient (Wildman–Crippen LogP) is 0.588. The second-order valence-electron chi connectivity index (χ2n) is 5.04. The zero-order chi connectivity index (χ0) is 16.3. The predicted molar refractivity (Wildman–Crippen MR) is 75.7 cm³/mol. The fraction of sp³-hybridized carbons (Fsp3) is 0.462. The van der Waals surface area contributed by atoms with E-state index in [4.69, 9.17) is 9.84 Å². The summed E-state index contributed by atoms with van der Waals surface area (Å²) in [4.78, 5) is 10.7. The maximum absolute atomic E-state index is 12.0. The molecule has 118 valence electrons. The van der Waals surface area contributed by atoms with Crippen molar-refractivity contribution in [3.63, 3.8) is 0 Å². The normalized spacial score (nSPS) is 14.7. The first-order chi connectivity index (χ1) is 9.54. The van der Waals surface area contributed by atoms with E-state index < -0.39 is 28.1 Å². The summed E-state index contributed by atoms with van der Waals surface area (Å²) in [7, 11) is -3.90. The van der Waals surface area contributed by atoms with Crippen molar-refractivity contribution in [2.45, 2.75) is 37.4 Å². The number of carbonyl (C=O) groups is 1. The molecule has 0 saturated heterocycles. The summed E-state index contributed by atoms with van der Waals surface area (Å²) in [5, 5.41) is 18.2. The number of rotatable bonds is 7. The second-order valence-corrected chi connectivity index (χ2v) is 6.81. The molecule has 0 heterocycles. The van der Waals surface area contributed by atoms with Gasteiger partial charge >= 0.3 is 5.97 Å². The molecule has 0 radical (unpaired) electrons. The highest BCUT2D eigenvalue weighted by molar-refractivity contribution is 7.89. The van der Waals surface area contributed by atoms with E-state index in [0.29, 0.717) is 5.75 Å². The van der Waals surface area contributed by atoms with Crippen molar-refractivity contribution >= 4 is 16.0 Å². The van der Waals surface area contributed by atoms with Gasteiger partial charge in [0.2, 0.25) is 10.0 Å². The van der Waals surface area contributed by atoms with Gasteiger partial charge in [-0.05, 0) is 45.0 Å².